The van der Waals surface area contributed by atoms with Crippen molar-refractivity contribution in [2.75, 3.05) is 0 Å². The molecule has 0 radical (unpaired) electrons. The van der Waals surface area contributed by atoms with Crippen LogP contribution in [-0.2, 0) is 0 Å². The number of carbonyl (C=O) groups is 1. The van der Waals surface area contributed by atoms with E-state index in [2.05, 4.69) is 24.4 Å². The zero-order valence-corrected chi connectivity index (χ0v) is 9.34. The van der Waals surface area contributed by atoms with Crippen molar-refractivity contribution in [3.63, 3.8) is 0 Å². The third kappa shape index (κ3) is 7.58. The van der Waals surface area contributed by atoms with Crippen LogP contribution in [0.4, 0.5) is 4.79 Å². The summed E-state index contributed by atoms with van der Waals surface area (Å²) in [4.78, 5) is 10.3. The van der Waals surface area contributed by atoms with Gasteiger partial charge in [0, 0.05) is 5.71 Å². The van der Waals surface area contributed by atoms with E-state index in [9.17, 15) is 4.79 Å². The maximum atomic E-state index is 10.3. The van der Waals surface area contributed by atoms with E-state index in [1.165, 1.54) is 12.8 Å². The Balaban J connectivity index is 3.57. The number of rotatable bonds is 6. The molecule has 1 atom stereocenters. The minimum atomic E-state index is -0.605. The van der Waals surface area contributed by atoms with Crippen LogP contribution in [0.5, 0.6) is 0 Å². The van der Waals surface area contributed by atoms with Crippen molar-refractivity contribution in [1.29, 1.82) is 0 Å². The number of amides is 2. The maximum absolute atomic E-state index is 10.3. The first-order valence-electron chi connectivity index (χ1n) is 5.14. The van der Waals surface area contributed by atoms with E-state index < -0.39 is 6.03 Å². The summed E-state index contributed by atoms with van der Waals surface area (Å²) >= 11 is 0. The highest BCUT2D eigenvalue weighted by atomic mass is 16.2. The van der Waals surface area contributed by atoms with Gasteiger partial charge in [-0.25, -0.2) is 10.2 Å². The summed E-state index contributed by atoms with van der Waals surface area (Å²) in [6.45, 7) is 6.33. The Morgan fingerprint density at radius 2 is 2.21 bits per heavy atom. The summed E-state index contributed by atoms with van der Waals surface area (Å²) in [6.07, 6.45) is 4.46. The average Bonchev–Trinajstić information content (AvgIpc) is 2.14. The molecule has 0 saturated carbocycles. The monoisotopic (exact) mass is 199 g/mol. The minimum absolute atomic E-state index is 0.605. The fraction of sp³-hybridized carbons (Fsp3) is 0.800. The van der Waals surface area contributed by atoms with E-state index in [-0.39, 0.29) is 0 Å². The van der Waals surface area contributed by atoms with Gasteiger partial charge in [-0.3, -0.25) is 0 Å². The molecule has 0 aromatic rings. The van der Waals surface area contributed by atoms with E-state index in [1.54, 1.807) is 0 Å². The molecular weight excluding hydrogens is 178 g/mol. The SMILES string of the molecule is CC[C@@H](C)CCC/C(C)=N/NC(N)=O. The Morgan fingerprint density at radius 3 is 2.71 bits per heavy atom. The first-order chi connectivity index (χ1) is 6.56. The van der Waals surface area contributed by atoms with E-state index in [1.807, 2.05) is 6.92 Å². The summed E-state index contributed by atoms with van der Waals surface area (Å²) in [5.41, 5.74) is 8.03. The molecule has 4 nitrogen and oxygen atoms in total. The predicted molar refractivity (Wildman–Crippen MR) is 59.1 cm³/mol. The van der Waals surface area contributed by atoms with Crippen LogP contribution < -0.4 is 11.2 Å². The fourth-order valence-electron chi connectivity index (χ4n) is 1.12. The summed E-state index contributed by atoms with van der Waals surface area (Å²) in [6, 6.07) is -0.605. The molecule has 4 heteroatoms. The van der Waals surface area contributed by atoms with Crippen molar-refractivity contribution in [1.82, 2.24) is 5.43 Å². The molecule has 0 aromatic heterocycles. The Bertz CT molecular complexity index is 202. The molecule has 0 heterocycles. The third-order valence-corrected chi connectivity index (χ3v) is 2.29. The molecule has 2 amide bonds. The number of nitrogens with one attached hydrogen (secondary N) is 1. The number of primary amides is 1. The number of hydrogen-bond donors (Lipinski definition) is 2. The molecule has 0 bridgehead atoms. The molecule has 0 saturated heterocycles. The van der Waals surface area contributed by atoms with Crippen LogP contribution in [0.25, 0.3) is 0 Å². The Hall–Kier alpha value is -1.06. The lowest BCUT2D eigenvalue weighted by Gasteiger charge is -2.07. The molecule has 0 aromatic carbocycles. The Morgan fingerprint density at radius 1 is 1.57 bits per heavy atom. The standard InChI is InChI=1S/C10H21N3O/c1-4-8(2)6-5-7-9(3)12-13-10(11)14/h8H,4-7H2,1-3H3,(H3,11,13,14)/b12-9+/t8-/m1/s1. The van der Waals surface area contributed by atoms with Gasteiger partial charge in [-0.15, -0.1) is 0 Å². The normalized spacial score (nSPS) is 13.8. The van der Waals surface area contributed by atoms with Crippen LogP contribution in [0.15, 0.2) is 5.10 Å². The molecule has 14 heavy (non-hydrogen) atoms. The molecule has 0 aliphatic carbocycles. The Kier molecular flexibility index (Phi) is 6.80. The van der Waals surface area contributed by atoms with Gasteiger partial charge in [0.2, 0.25) is 0 Å². The van der Waals surface area contributed by atoms with Crippen molar-refractivity contribution in [3.05, 3.63) is 0 Å². The van der Waals surface area contributed by atoms with Crippen LogP contribution >= 0.6 is 0 Å². The quantitative estimate of drug-likeness (QED) is 0.500. The fourth-order valence-corrected chi connectivity index (χ4v) is 1.12. The lowest BCUT2D eigenvalue weighted by Crippen LogP contribution is -2.25. The van der Waals surface area contributed by atoms with Crippen LogP contribution in [-0.4, -0.2) is 11.7 Å². The van der Waals surface area contributed by atoms with Crippen molar-refractivity contribution < 1.29 is 4.79 Å². The Labute approximate surface area is 85.9 Å². The van der Waals surface area contributed by atoms with Crippen LogP contribution in [0.2, 0.25) is 0 Å². The minimum Gasteiger partial charge on any atom is -0.350 e. The first-order valence-corrected chi connectivity index (χ1v) is 5.14. The predicted octanol–water partition coefficient (Wildman–Crippen LogP) is 2.25. The van der Waals surface area contributed by atoms with E-state index in [0.29, 0.717) is 0 Å². The number of carbonyl (C=O) groups excluding carboxylic acids is 1. The highest BCUT2D eigenvalue weighted by Crippen LogP contribution is 2.11. The molecular formula is C10H21N3O. The van der Waals surface area contributed by atoms with Crippen molar-refractivity contribution >= 4 is 11.7 Å². The summed E-state index contributed by atoms with van der Waals surface area (Å²) in [7, 11) is 0. The largest absolute Gasteiger partial charge is 0.350 e. The van der Waals surface area contributed by atoms with Gasteiger partial charge >= 0.3 is 6.03 Å². The van der Waals surface area contributed by atoms with Gasteiger partial charge in [-0.1, -0.05) is 26.7 Å². The summed E-state index contributed by atoms with van der Waals surface area (Å²) in [5, 5.41) is 3.84. The molecule has 0 unspecified atom stereocenters. The molecule has 0 rings (SSSR count). The van der Waals surface area contributed by atoms with E-state index in [4.69, 9.17) is 5.73 Å². The van der Waals surface area contributed by atoms with E-state index in [0.717, 1.165) is 24.5 Å². The first kappa shape index (κ1) is 12.9. The second kappa shape index (κ2) is 7.35. The zero-order chi connectivity index (χ0) is 11.0. The summed E-state index contributed by atoms with van der Waals surface area (Å²) < 4.78 is 0. The van der Waals surface area contributed by atoms with Gasteiger partial charge in [-0.2, -0.15) is 5.10 Å². The number of hydrazone groups is 1. The zero-order valence-electron chi connectivity index (χ0n) is 9.34. The lowest BCUT2D eigenvalue weighted by molar-refractivity contribution is 0.249. The highest BCUT2D eigenvalue weighted by Gasteiger charge is 1.99. The smallest absolute Gasteiger partial charge is 0.332 e. The molecule has 0 aliphatic rings. The van der Waals surface area contributed by atoms with Crippen LogP contribution in [0.1, 0.15) is 46.5 Å². The van der Waals surface area contributed by atoms with Gasteiger partial charge < -0.3 is 5.73 Å². The highest BCUT2D eigenvalue weighted by molar-refractivity contribution is 5.83. The van der Waals surface area contributed by atoms with Crippen molar-refractivity contribution in [3.8, 4) is 0 Å². The second-order valence-corrected chi connectivity index (χ2v) is 3.73. The average molecular weight is 199 g/mol. The molecule has 0 fully saturated rings. The lowest BCUT2D eigenvalue weighted by atomic mass is 10.0. The van der Waals surface area contributed by atoms with E-state index >= 15 is 0 Å². The van der Waals surface area contributed by atoms with Crippen LogP contribution in [0, 0.1) is 5.92 Å². The molecule has 3 N–H and O–H groups in total. The van der Waals surface area contributed by atoms with Gasteiger partial charge in [-0.05, 0) is 25.7 Å². The van der Waals surface area contributed by atoms with Gasteiger partial charge in [0.05, 0.1) is 0 Å². The third-order valence-electron chi connectivity index (χ3n) is 2.29. The molecule has 0 spiro atoms. The van der Waals surface area contributed by atoms with Crippen molar-refractivity contribution in [2.24, 2.45) is 16.8 Å². The van der Waals surface area contributed by atoms with Crippen molar-refractivity contribution in [2.45, 2.75) is 46.5 Å². The summed E-state index contributed by atoms with van der Waals surface area (Å²) in [5.74, 6) is 0.770. The van der Waals surface area contributed by atoms with Crippen LogP contribution in [0.3, 0.4) is 0 Å². The van der Waals surface area contributed by atoms with Gasteiger partial charge in [0.25, 0.3) is 0 Å². The van der Waals surface area contributed by atoms with Gasteiger partial charge in [0.15, 0.2) is 0 Å². The molecule has 82 valence electrons. The molecule has 0 aliphatic heterocycles. The number of nitrogens with zero attached hydrogens (tertiary/aromatic N) is 1. The number of hydrogen-bond acceptors (Lipinski definition) is 2. The number of nitrogens with two attached hydrogens (primary N) is 1. The maximum Gasteiger partial charge on any atom is 0.332 e. The van der Waals surface area contributed by atoms with Gasteiger partial charge in [0.1, 0.15) is 0 Å². The number of urea groups is 1. The second-order valence-electron chi connectivity index (χ2n) is 3.73. The topological polar surface area (TPSA) is 67.5 Å².